The molecule has 1 fully saturated rings. The quantitative estimate of drug-likeness (QED) is 0.653. The molecular formula is C9H16N2O2. The minimum absolute atomic E-state index is 0.254. The Morgan fingerprint density at radius 2 is 2.54 bits per heavy atom. The first kappa shape index (κ1) is 10.1. The molecule has 1 amide bonds. The molecule has 0 bridgehead atoms. The third-order valence-electron chi connectivity index (χ3n) is 2.20. The van der Waals surface area contributed by atoms with Crippen LogP contribution in [0.15, 0.2) is 12.7 Å². The van der Waals surface area contributed by atoms with Crippen molar-refractivity contribution in [1.82, 2.24) is 4.90 Å². The van der Waals surface area contributed by atoms with Gasteiger partial charge in [-0.2, -0.15) is 0 Å². The van der Waals surface area contributed by atoms with Gasteiger partial charge in [-0.25, -0.2) is 4.79 Å². The molecule has 1 rings (SSSR count). The minimum atomic E-state index is -0.254. The number of nitrogens with zero attached hydrogens (tertiary/aromatic N) is 1. The molecule has 13 heavy (non-hydrogen) atoms. The van der Waals surface area contributed by atoms with Crippen LogP contribution in [0, 0.1) is 5.92 Å². The van der Waals surface area contributed by atoms with Crippen LogP contribution in [0.3, 0.4) is 0 Å². The lowest BCUT2D eigenvalue weighted by Gasteiger charge is -2.14. The summed E-state index contributed by atoms with van der Waals surface area (Å²) in [4.78, 5) is 13.0. The summed E-state index contributed by atoms with van der Waals surface area (Å²) in [6.45, 7) is 5.89. The van der Waals surface area contributed by atoms with E-state index in [0.29, 0.717) is 12.5 Å². The van der Waals surface area contributed by atoms with E-state index in [4.69, 9.17) is 10.5 Å². The molecule has 1 aliphatic heterocycles. The zero-order valence-corrected chi connectivity index (χ0v) is 7.74. The molecule has 0 aliphatic carbocycles. The second kappa shape index (κ2) is 4.87. The monoisotopic (exact) mass is 184 g/mol. The fraction of sp³-hybridized carbons (Fsp3) is 0.667. The Morgan fingerprint density at radius 3 is 3.08 bits per heavy atom. The van der Waals surface area contributed by atoms with Gasteiger partial charge in [0.1, 0.15) is 6.61 Å². The molecule has 1 saturated heterocycles. The predicted octanol–water partition coefficient (Wildman–Crippen LogP) is 0.590. The first-order chi connectivity index (χ1) is 6.27. The molecule has 0 saturated carbocycles. The van der Waals surface area contributed by atoms with Gasteiger partial charge in [0.2, 0.25) is 0 Å². The Labute approximate surface area is 78.3 Å². The van der Waals surface area contributed by atoms with E-state index < -0.39 is 0 Å². The van der Waals surface area contributed by atoms with Crippen molar-refractivity contribution in [3.63, 3.8) is 0 Å². The van der Waals surface area contributed by atoms with Gasteiger partial charge in [0.05, 0.1) is 0 Å². The van der Waals surface area contributed by atoms with E-state index >= 15 is 0 Å². The number of rotatable bonds is 3. The SMILES string of the molecule is C=CCOC(=O)N1CCC(CN)C1. The Morgan fingerprint density at radius 1 is 1.77 bits per heavy atom. The molecule has 2 N–H and O–H groups in total. The summed E-state index contributed by atoms with van der Waals surface area (Å²) in [5.74, 6) is 0.441. The molecule has 0 spiro atoms. The van der Waals surface area contributed by atoms with Crippen LogP contribution >= 0.6 is 0 Å². The second-order valence-corrected chi connectivity index (χ2v) is 3.20. The number of carbonyl (C=O) groups is 1. The van der Waals surface area contributed by atoms with Crippen LogP contribution in [-0.2, 0) is 4.74 Å². The van der Waals surface area contributed by atoms with Crippen LogP contribution in [0.1, 0.15) is 6.42 Å². The van der Waals surface area contributed by atoms with Crippen LogP contribution in [0.5, 0.6) is 0 Å². The van der Waals surface area contributed by atoms with Crippen molar-refractivity contribution in [2.75, 3.05) is 26.2 Å². The molecular weight excluding hydrogens is 168 g/mol. The number of carbonyl (C=O) groups excluding carboxylic acids is 1. The fourth-order valence-corrected chi connectivity index (χ4v) is 1.41. The average molecular weight is 184 g/mol. The van der Waals surface area contributed by atoms with Gasteiger partial charge in [-0.15, -0.1) is 0 Å². The van der Waals surface area contributed by atoms with E-state index in [0.717, 1.165) is 19.5 Å². The number of hydrogen-bond acceptors (Lipinski definition) is 3. The standard InChI is InChI=1S/C9H16N2O2/c1-2-5-13-9(12)11-4-3-8(6-10)7-11/h2,8H,1,3-7,10H2. The normalized spacial score (nSPS) is 21.6. The van der Waals surface area contributed by atoms with Crippen molar-refractivity contribution in [2.45, 2.75) is 6.42 Å². The van der Waals surface area contributed by atoms with Crippen molar-refractivity contribution < 1.29 is 9.53 Å². The topological polar surface area (TPSA) is 55.6 Å². The van der Waals surface area contributed by atoms with Crippen molar-refractivity contribution in [3.8, 4) is 0 Å². The smallest absolute Gasteiger partial charge is 0.410 e. The van der Waals surface area contributed by atoms with Crippen LogP contribution in [0.25, 0.3) is 0 Å². The van der Waals surface area contributed by atoms with Crippen molar-refractivity contribution in [2.24, 2.45) is 11.7 Å². The molecule has 0 aromatic rings. The van der Waals surface area contributed by atoms with Crippen LogP contribution in [-0.4, -0.2) is 37.2 Å². The van der Waals surface area contributed by atoms with E-state index in [9.17, 15) is 4.79 Å². The van der Waals surface area contributed by atoms with Gasteiger partial charge in [0.25, 0.3) is 0 Å². The highest BCUT2D eigenvalue weighted by molar-refractivity contribution is 5.68. The first-order valence-electron chi connectivity index (χ1n) is 4.50. The van der Waals surface area contributed by atoms with Crippen molar-refractivity contribution in [1.29, 1.82) is 0 Å². The highest BCUT2D eigenvalue weighted by Gasteiger charge is 2.25. The Hall–Kier alpha value is -1.03. The third kappa shape index (κ3) is 2.73. The maximum Gasteiger partial charge on any atom is 0.410 e. The van der Waals surface area contributed by atoms with Crippen molar-refractivity contribution in [3.05, 3.63) is 12.7 Å². The summed E-state index contributed by atoms with van der Waals surface area (Å²) < 4.78 is 4.90. The molecule has 4 heteroatoms. The van der Waals surface area contributed by atoms with E-state index in [1.54, 1.807) is 11.0 Å². The van der Waals surface area contributed by atoms with Gasteiger partial charge < -0.3 is 15.4 Å². The Kier molecular flexibility index (Phi) is 3.76. The number of likely N-dealkylation sites (tertiary alicyclic amines) is 1. The van der Waals surface area contributed by atoms with Gasteiger partial charge in [0, 0.05) is 13.1 Å². The van der Waals surface area contributed by atoms with Gasteiger partial charge in [-0.3, -0.25) is 0 Å². The first-order valence-corrected chi connectivity index (χ1v) is 4.50. The zero-order valence-electron chi connectivity index (χ0n) is 7.74. The van der Waals surface area contributed by atoms with Gasteiger partial charge >= 0.3 is 6.09 Å². The van der Waals surface area contributed by atoms with Crippen LogP contribution in [0.4, 0.5) is 4.79 Å². The molecule has 0 radical (unpaired) electrons. The van der Waals surface area contributed by atoms with Gasteiger partial charge in [-0.05, 0) is 18.9 Å². The van der Waals surface area contributed by atoms with Crippen molar-refractivity contribution >= 4 is 6.09 Å². The maximum atomic E-state index is 11.3. The third-order valence-corrected chi connectivity index (χ3v) is 2.20. The highest BCUT2D eigenvalue weighted by Crippen LogP contribution is 2.15. The fourth-order valence-electron chi connectivity index (χ4n) is 1.41. The van der Waals surface area contributed by atoms with E-state index in [-0.39, 0.29) is 12.7 Å². The number of amides is 1. The summed E-state index contributed by atoms with van der Waals surface area (Å²) in [5, 5.41) is 0. The van der Waals surface area contributed by atoms with E-state index in [1.807, 2.05) is 0 Å². The summed E-state index contributed by atoms with van der Waals surface area (Å²) in [7, 11) is 0. The molecule has 4 nitrogen and oxygen atoms in total. The lowest BCUT2D eigenvalue weighted by Crippen LogP contribution is -2.30. The summed E-state index contributed by atoms with van der Waals surface area (Å²) in [6, 6.07) is 0. The Bertz CT molecular complexity index is 194. The minimum Gasteiger partial charge on any atom is -0.445 e. The summed E-state index contributed by atoms with van der Waals surface area (Å²) in [5.41, 5.74) is 5.50. The molecule has 74 valence electrons. The summed E-state index contributed by atoms with van der Waals surface area (Å²) in [6.07, 6.45) is 2.30. The van der Waals surface area contributed by atoms with Crippen LogP contribution in [0.2, 0.25) is 0 Å². The van der Waals surface area contributed by atoms with Gasteiger partial charge in [0.15, 0.2) is 0 Å². The molecule has 1 atom stereocenters. The predicted molar refractivity (Wildman–Crippen MR) is 50.3 cm³/mol. The lowest BCUT2D eigenvalue weighted by molar-refractivity contribution is 0.120. The molecule has 1 heterocycles. The van der Waals surface area contributed by atoms with Crippen LogP contribution < -0.4 is 5.73 Å². The highest BCUT2D eigenvalue weighted by atomic mass is 16.6. The average Bonchev–Trinajstić information content (AvgIpc) is 2.62. The summed E-state index contributed by atoms with van der Waals surface area (Å²) >= 11 is 0. The number of nitrogens with two attached hydrogens (primary N) is 1. The second-order valence-electron chi connectivity index (χ2n) is 3.20. The Balaban J connectivity index is 2.28. The molecule has 1 aliphatic rings. The molecule has 0 aromatic heterocycles. The number of hydrogen-bond donors (Lipinski definition) is 1. The largest absolute Gasteiger partial charge is 0.445 e. The zero-order chi connectivity index (χ0) is 9.68. The van der Waals surface area contributed by atoms with Gasteiger partial charge in [-0.1, -0.05) is 12.7 Å². The van der Waals surface area contributed by atoms with E-state index in [1.165, 1.54) is 0 Å². The number of ether oxygens (including phenoxy) is 1. The van der Waals surface area contributed by atoms with E-state index in [2.05, 4.69) is 6.58 Å². The maximum absolute atomic E-state index is 11.3. The molecule has 0 aromatic carbocycles. The lowest BCUT2D eigenvalue weighted by atomic mass is 10.1. The molecule has 1 unspecified atom stereocenters.